The number of hydrogen-bond donors (Lipinski definition) is 0. The van der Waals surface area contributed by atoms with E-state index in [1.807, 2.05) is 0 Å². The largest absolute Gasteiger partial charge is 0.376 e. The Kier molecular flexibility index (Phi) is 2.41. The van der Waals surface area contributed by atoms with Crippen LogP contribution in [-0.2, 0) is 10.6 Å². The van der Waals surface area contributed by atoms with Gasteiger partial charge in [0.1, 0.15) is 12.2 Å². The number of rotatable bonds is 3. The van der Waals surface area contributed by atoms with Gasteiger partial charge >= 0.3 is 0 Å². The van der Waals surface area contributed by atoms with E-state index >= 15 is 0 Å². The molecule has 0 amide bonds. The molecule has 0 radical (unpaired) electrons. The molecule has 5 heteroatoms. The minimum absolute atomic E-state index is 0.388. The van der Waals surface area contributed by atoms with Gasteiger partial charge in [-0.05, 0) is 25.2 Å². The van der Waals surface area contributed by atoms with Crippen molar-refractivity contribution < 1.29 is 4.74 Å². The topological polar surface area (TPSA) is 39.9 Å². The van der Waals surface area contributed by atoms with E-state index in [1.165, 1.54) is 12.8 Å². The lowest BCUT2D eigenvalue weighted by molar-refractivity contribution is 0.0909. The molecule has 1 saturated heterocycles. The van der Waals surface area contributed by atoms with E-state index in [0.717, 1.165) is 24.8 Å². The van der Waals surface area contributed by atoms with Crippen molar-refractivity contribution in [3.8, 4) is 0 Å². The average molecular weight is 228 g/mol. The Hall–Kier alpha value is -0.610. The van der Waals surface area contributed by atoms with Gasteiger partial charge in [-0.1, -0.05) is 0 Å². The summed E-state index contributed by atoms with van der Waals surface area (Å²) < 4.78 is 7.86. The number of halogens is 1. The molecule has 2 heterocycles. The summed E-state index contributed by atoms with van der Waals surface area (Å²) in [6.07, 6.45) is 5.98. The van der Waals surface area contributed by atoms with Crippen LogP contribution in [-0.4, -0.2) is 27.5 Å². The summed E-state index contributed by atoms with van der Waals surface area (Å²) in [4.78, 5) is 0. The van der Waals surface area contributed by atoms with Crippen LogP contribution in [0.1, 0.15) is 31.1 Å². The molecule has 15 heavy (non-hydrogen) atoms. The first-order chi connectivity index (χ1) is 7.38. The van der Waals surface area contributed by atoms with E-state index in [2.05, 4.69) is 14.8 Å². The number of aromatic nitrogens is 3. The van der Waals surface area contributed by atoms with E-state index in [0.29, 0.717) is 18.0 Å². The molecule has 0 aromatic carbocycles. The number of ether oxygens (including phenoxy) is 1. The maximum Gasteiger partial charge on any atom is 0.148 e. The fraction of sp³-hybridized carbons (Fsp3) is 0.800. The van der Waals surface area contributed by atoms with Crippen molar-refractivity contribution in [1.29, 1.82) is 0 Å². The van der Waals surface area contributed by atoms with Crippen LogP contribution in [0, 0.1) is 5.92 Å². The van der Waals surface area contributed by atoms with E-state index in [4.69, 9.17) is 16.3 Å². The molecule has 0 spiro atoms. The SMILES string of the molecule is ClCc1nncn1C1COC(C2CC2)C1. The predicted molar refractivity (Wildman–Crippen MR) is 55.7 cm³/mol. The van der Waals surface area contributed by atoms with Gasteiger partial charge in [0.05, 0.1) is 24.6 Å². The second-order valence-corrected chi connectivity index (χ2v) is 4.65. The van der Waals surface area contributed by atoms with Crippen molar-refractivity contribution in [2.45, 2.75) is 37.3 Å². The summed E-state index contributed by atoms with van der Waals surface area (Å²) in [6.45, 7) is 0.781. The van der Waals surface area contributed by atoms with Crippen molar-refractivity contribution in [2.24, 2.45) is 5.92 Å². The Morgan fingerprint density at radius 2 is 2.40 bits per heavy atom. The van der Waals surface area contributed by atoms with Crippen LogP contribution in [0.3, 0.4) is 0 Å². The molecule has 1 aromatic heterocycles. The third-order valence-corrected chi connectivity index (χ3v) is 3.55. The quantitative estimate of drug-likeness (QED) is 0.739. The molecule has 1 aliphatic heterocycles. The Morgan fingerprint density at radius 3 is 3.13 bits per heavy atom. The molecule has 1 saturated carbocycles. The first-order valence-electron chi connectivity index (χ1n) is 5.44. The molecule has 2 atom stereocenters. The Balaban J connectivity index is 1.72. The van der Waals surface area contributed by atoms with E-state index in [-0.39, 0.29) is 0 Å². The maximum absolute atomic E-state index is 5.80. The lowest BCUT2D eigenvalue weighted by Crippen LogP contribution is -2.11. The van der Waals surface area contributed by atoms with Crippen LogP contribution in [0.2, 0.25) is 0 Å². The molecule has 0 N–H and O–H groups in total. The zero-order valence-corrected chi connectivity index (χ0v) is 9.23. The number of hydrogen-bond acceptors (Lipinski definition) is 3. The van der Waals surface area contributed by atoms with Crippen molar-refractivity contribution in [2.75, 3.05) is 6.61 Å². The van der Waals surface area contributed by atoms with Crippen molar-refractivity contribution in [3.63, 3.8) is 0 Å². The molecule has 2 fully saturated rings. The average Bonchev–Trinajstić information content (AvgIpc) is 2.83. The second-order valence-electron chi connectivity index (χ2n) is 4.39. The number of nitrogens with zero attached hydrogens (tertiary/aromatic N) is 3. The van der Waals surface area contributed by atoms with Gasteiger partial charge in [0.25, 0.3) is 0 Å². The van der Waals surface area contributed by atoms with Gasteiger partial charge in [-0.25, -0.2) is 0 Å². The normalized spacial score (nSPS) is 31.0. The van der Waals surface area contributed by atoms with Crippen molar-refractivity contribution >= 4 is 11.6 Å². The van der Waals surface area contributed by atoms with Crippen LogP contribution in [0.15, 0.2) is 6.33 Å². The summed E-state index contributed by atoms with van der Waals surface area (Å²) in [5, 5.41) is 7.89. The van der Waals surface area contributed by atoms with E-state index in [1.54, 1.807) is 6.33 Å². The highest BCUT2D eigenvalue weighted by Gasteiger charge is 2.38. The highest BCUT2D eigenvalue weighted by atomic mass is 35.5. The van der Waals surface area contributed by atoms with E-state index < -0.39 is 0 Å². The summed E-state index contributed by atoms with van der Waals surface area (Å²) in [7, 11) is 0. The van der Waals surface area contributed by atoms with E-state index in [9.17, 15) is 0 Å². The smallest absolute Gasteiger partial charge is 0.148 e. The van der Waals surface area contributed by atoms with Gasteiger partial charge in [0.2, 0.25) is 0 Å². The van der Waals surface area contributed by atoms with Crippen LogP contribution < -0.4 is 0 Å². The summed E-state index contributed by atoms with van der Waals surface area (Å²) in [5.41, 5.74) is 0. The molecule has 3 rings (SSSR count). The molecule has 4 nitrogen and oxygen atoms in total. The molecule has 1 aromatic rings. The maximum atomic E-state index is 5.80. The van der Waals surface area contributed by atoms with Gasteiger partial charge in [0, 0.05) is 0 Å². The minimum atomic E-state index is 0.388. The zero-order valence-electron chi connectivity index (χ0n) is 8.47. The van der Waals surface area contributed by atoms with Crippen LogP contribution >= 0.6 is 11.6 Å². The zero-order chi connectivity index (χ0) is 10.3. The summed E-state index contributed by atoms with van der Waals surface area (Å²) in [6, 6.07) is 0.388. The lowest BCUT2D eigenvalue weighted by Gasteiger charge is -2.11. The van der Waals surface area contributed by atoms with Gasteiger partial charge < -0.3 is 9.30 Å². The third kappa shape index (κ3) is 1.76. The molecule has 2 aliphatic rings. The third-order valence-electron chi connectivity index (χ3n) is 3.32. The highest BCUT2D eigenvalue weighted by molar-refractivity contribution is 6.16. The van der Waals surface area contributed by atoms with Crippen LogP contribution in [0.25, 0.3) is 0 Å². The molecular formula is C10H14ClN3O. The summed E-state index contributed by atoms with van der Waals surface area (Å²) in [5.74, 6) is 2.08. The molecular weight excluding hydrogens is 214 g/mol. The summed E-state index contributed by atoms with van der Waals surface area (Å²) >= 11 is 5.80. The van der Waals surface area contributed by atoms with Crippen molar-refractivity contribution in [3.05, 3.63) is 12.2 Å². The second kappa shape index (κ2) is 3.76. The minimum Gasteiger partial charge on any atom is -0.376 e. The molecule has 2 unspecified atom stereocenters. The predicted octanol–water partition coefficient (Wildman–Crippen LogP) is 1.76. The standard InChI is InChI=1S/C10H14ClN3O/c11-4-10-13-12-6-14(10)8-3-9(15-5-8)7-1-2-7/h6-9H,1-5H2. The first-order valence-corrected chi connectivity index (χ1v) is 5.98. The van der Waals surface area contributed by atoms with Gasteiger partial charge in [-0.2, -0.15) is 0 Å². The van der Waals surface area contributed by atoms with Gasteiger partial charge in [-0.15, -0.1) is 21.8 Å². The van der Waals surface area contributed by atoms with Crippen LogP contribution in [0.4, 0.5) is 0 Å². The van der Waals surface area contributed by atoms with Crippen LogP contribution in [0.5, 0.6) is 0 Å². The fourth-order valence-electron chi connectivity index (χ4n) is 2.30. The highest BCUT2D eigenvalue weighted by Crippen LogP contribution is 2.41. The Labute approximate surface area is 93.6 Å². The molecule has 1 aliphatic carbocycles. The lowest BCUT2D eigenvalue weighted by atomic mass is 10.1. The monoisotopic (exact) mass is 227 g/mol. The molecule has 0 bridgehead atoms. The fourth-order valence-corrected chi connectivity index (χ4v) is 2.49. The molecule has 82 valence electrons. The Morgan fingerprint density at radius 1 is 1.53 bits per heavy atom. The first kappa shape index (κ1) is 9.60. The van der Waals surface area contributed by atoms with Gasteiger partial charge in [0.15, 0.2) is 0 Å². The van der Waals surface area contributed by atoms with Gasteiger partial charge in [-0.3, -0.25) is 0 Å². The number of alkyl halides is 1. The Bertz CT molecular complexity index is 350. The van der Waals surface area contributed by atoms with Crippen molar-refractivity contribution in [1.82, 2.24) is 14.8 Å².